The van der Waals surface area contributed by atoms with E-state index in [0.717, 1.165) is 12.8 Å². The molecular weight excluding hydrogens is 262 g/mol. The molecule has 1 aliphatic rings. The first-order valence-corrected chi connectivity index (χ1v) is 6.69. The average molecular weight is 285 g/mol. The lowest BCUT2D eigenvalue weighted by Gasteiger charge is -2.19. The Morgan fingerprint density at radius 1 is 1.60 bits per heavy atom. The van der Waals surface area contributed by atoms with Crippen molar-refractivity contribution in [2.45, 2.75) is 32.3 Å². The van der Waals surface area contributed by atoms with Crippen LogP contribution in [0.5, 0.6) is 0 Å². The molecule has 0 aromatic carbocycles. The highest BCUT2D eigenvalue weighted by atomic mass is 16.7. The summed E-state index contributed by atoms with van der Waals surface area (Å²) in [6, 6.07) is 0. The third-order valence-corrected chi connectivity index (χ3v) is 2.76. The van der Waals surface area contributed by atoms with E-state index < -0.39 is 12.5 Å². The van der Waals surface area contributed by atoms with Crippen molar-refractivity contribution >= 4 is 12.2 Å². The summed E-state index contributed by atoms with van der Waals surface area (Å²) >= 11 is 0. The van der Waals surface area contributed by atoms with Crippen molar-refractivity contribution in [1.29, 1.82) is 0 Å². The van der Waals surface area contributed by atoms with E-state index in [0.29, 0.717) is 32.1 Å². The minimum Gasteiger partial charge on any atom is -0.384 e. The van der Waals surface area contributed by atoms with Crippen LogP contribution < -0.4 is 5.73 Å². The maximum atomic E-state index is 11.0. The van der Waals surface area contributed by atoms with Crippen LogP contribution in [0.15, 0.2) is 17.3 Å². The molecule has 1 fully saturated rings. The molecule has 0 aliphatic carbocycles. The van der Waals surface area contributed by atoms with E-state index in [1.165, 1.54) is 17.2 Å². The number of amides is 1. The molecule has 114 valence electrons. The zero-order valence-corrected chi connectivity index (χ0v) is 12.0. The van der Waals surface area contributed by atoms with Gasteiger partial charge in [-0.05, 0) is 12.5 Å². The van der Waals surface area contributed by atoms with Crippen molar-refractivity contribution in [1.82, 2.24) is 4.90 Å². The zero-order chi connectivity index (χ0) is 14.8. The number of hydrogen-bond donors (Lipinski definition) is 1. The molecule has 20 heavy (non-hydrogen) atoms. The van der Waals surface area contributed by atoms with Crippen molar-refractivity contribution in [3.05, 3.63) is 12.3 Å². The first-order valence-electron chi connectivity index (χ1n) is 6.69. The monoisotopic (exact) mass is 285 g/mol. The van der Waals surface area contributed by atoms with E-state index >= 15 is 0 Å². The van der Waals surface area contributed by atoms with Crippen LogP contribution in [0, 0.1) is 0 Å². The zero-order valence-electron chi connectivity index (χ0n) is 12.0. The Balaban J connectivity index is 2.36. The lowest BCUT2D eigenvalue weighted by atomic mass is 10.4. The molecule has 0 bridgehead atoms. The van der Waals surface area contributed by atoms with E-state index in [1.807, 2.05) is 0 Å². The molecule has 2 atom stereocenters. The minimum absolute atomic E-state index is 0.300. The third kappa shape index (κ3) is 5.68. The fourth-order valence-corrected chi connectivity index (χ4v) is 1.55. The van der Waals surface area contributed by atoms with Crippen molar-refractivity contribution < 1.29 is 19.0 Å². The van der Waals surface area contributed by atoms with E-state index in [1.54, 1.807) is 7.05 Å². The smallest absolute Gasteiger partial charge is 0.215 e. The number of aliphatic imine (C=N–C) groups is 1. The number of hydrogen-bond acceptors (Lipinski definition) is 5. The second-order valence-corrected chi connectivity index (χ2v) is 4.30. The van der Waals surface area contributed by atoms with E-state index in [-0.39, 0.29) is 0 Å². The normalized spacial score (nSPS) is 23.4. The van der Waals surface area contributed by atoms with Crippen LogP contribution in [0.1, 0.15) is 19.8 Å². The fraction of sp³-hybridized carbons (Fsp3) is 0.692. The van der Waals surface area contributed by atoms with E-state index in [9.17, 15) is 4.79 Å². The van der Waals surface area contributed by atoms with Gasteiger partial charge in [0, 0.05) is 19.9 Å². The lowest BCUT2D eigenvalue weighted by molar-refractivity contribution is -0.136. The van der Waals surface area contributed by atoms with Crippen molar-refractivity contribution in [2.75, 3.05) is 26.9 Å². The van der Waals surface area contributed by atoms with Crippen LogP contribution >= 0.6 is 0 Å². The van der Waals surface area contributed by atoms with Crippen molar-refractivity contribution in [2.24, 2.45) is 10.7 Å². The summed E-state index contributed by atoms with van der Waals surface area (Å²) in [5.74, 6) is 0.329. The Morgan fingerprint density at radius 2 is 2.40 bits per heavy atom. The van der Waals surface area contributed by atoms with Crippen molar-refractivity contribution in [3.63, 3.8) is 0 Å². The number of amidine groups is 1. The summed E-state index contributed by atoms with van der Waals surface area (Å²) in [6.07, 6.45) is 4.90. The molecule has 0 aromatic heterocycles. The van der Waals surface area contributed by atoms with Gasteiger partial charge >= 0.3 is 0 Å². The summed E-state index contributed by atoms with van der Waals surface area (Å²) < 4.78 is 16.4. The Hall–Kier alpha value is -1.44. The molecule has 0 radical (unpaired) electrons. The first-order chi connectivity index (χ1) is 9.71. The SMILES string of the molecule is CCCCOC[C@H]1OC[C@@H](N(C=O)/C=C\C(N)=NC)O1. The number of carbonyl (C=O) groups is 1. The van der Waals surface area contributed by atoms with Crippen LogP contribution in [-0.4, -0.2) is 56.5 Å². The molecule has 7 nitrogen and oxygen atoms in total. The molecule has 0 unspecified atom stereocenters. The number of ether oxygens (including phenoxy) is 3. The summed E-state index contributed by atoms with van der Waals surface area (Å²) in [4.78, 5) is 16.1. The molecule has 2 N–H and O–H groups in total. The van der Waals surface area contributed by atoms with Gasteiger partial charge in [0.2, 0.25) is 6.41 Å². The summed E-state index contributed by atoms with van der Waals surface area (Å²) in [5, 5.41) is 0. The third-order valence-electron chi connectivity index (χ3n) is 2.76. The second-order valence-electron chi connectivity index (χ2n) is 4.30. The topological polar surface area (TPSA) is 86.4 Å². The molecule has 1 amide bonds. The van der Waals surface area contributed by atoms with E-state index in [4.69, 9.17) is 19.9 Å². The van der Waals surface area contributed by atoms with Crippen LogP contribution in [-0.2, 0) is 19.0 Å². The second kappa shape index (κ2) is 9.46. The predicted octanol–water partition coefficient (Wildman–Crippen LogP) is 0.461. The Labute approximate surface area is 119 Å². The Morgan fingerprint density at radius 3 is 3.05 bits per heavy atom. The highest BCUT2D eigenvalue weighted by Gasteiger charge is 2.29. The van der Waals surface area contributed by atoms with Gasteiger partial charge in [-0.25, -0.2) is 0 Å². The molecular formula is C13H23N3O4. The number of nitrogens with zero attached hydrogens (tertiary/aromatic N) is 2. The Bertz CT molecular complexity index is 347. The van der Waals surface area contributed by atoms with E-state index in [2.05, 4.69) is 11.9 Å². The van der Waals surface area contributed by atoms with Crippen LogP contribution in [0.3, 0.4) is 0 Å². The van der Waals surface area contributed by atoms with Crippen LogP contribution in [0.2, 0.25) is 0 Å². The standard InChI is InChI=1S/C13H23N3O4/c1-3-4-7-18-9-13-19-8-12(20-13)16(10-17)6-5-11(14)15-2/h5-6,10,12-13H,3-4,7-9H2,1-2H3,(H2,14,15)/b6-5-/t12-,13-/m0/s1. The summed E-state index contributed by atoms with van der Waals surface area (Å²) in [5.41, 5.74) is 5.52. The molecule has 0 saturated carbocycles. The minimum atomic E-state index is -0.465. The molecule has 1 saturated heterocycles. The summed E-state index contributed by atoms with van der Waals surface area (Å²) in [6.45, 7) is 3.45. The number of nitrogens with two attached hydrogens (primary N) is 1. The molecule has 1 aliphatic heterocycles. The molecule has 0 aromatic rings. The molecule has 1 rings (SSSR count). The largest absolute Gasteiger partial charge is 0.384 e. The van der Waals surface area contributed by atoms with Gasteiger partial charge in [-0.1, -0.05) is 13.3 Å². The Kier molecular flexibility index (Phi) is 7.86. The van der Waals surface area contributed by atoms with Gasteiger partial charge in [0.15, 0.2) is 12.5 Å². The van der Waals surface area contributed by atoms with Gasteiger partial charge in [-0.15, -0.1) is 0 Å². The quantitative estimate of drug-likeness (QED) is 0.288. The van der Waals surface area contributed by atoms with Crippen molar-refractivity contribution in [3.8, 4) is 0 Å². The van der Waals surface area contributed by atoms with Gasteiger partial charge < -0.3 is 19.9 Å². The van der Waals surface area contributed by atoms with Crippen LogP contribution in [0.25, 0.3) is 0 Å². The molecule has 1 heterocycles. The number of rotatable bonds is 9. The maximum Gasteiger partial charge on any atom is 0.215 e. The average Bonchev–Trinajstić information content (AvgIpc) is 2.93. The summed E-state index contributed by atoms with van der Waals surface area (Å²) in [7, 11) is 1.57. The number of unbranched alkanes of at least 4 members (excludes halogenated alkanes) is 1. The maximum absolute atomic E-state index is 11.0. The van der Waals surface area contributed by atoms with Gasteiger partial charge in [0.05, 0.1) is 13.2 Å². The molecule has 0 spiro atoms. The highest BCUT2D eigenvalue weighted by molar-refractivity contribution is 5.91. The van der Waals surface area contributed by atoms with Gasteiger partial charge in [0.1, 0.15) is 5.84 Å². The van der Waals surface area contributed by atoms with Gasteiger partial charge in [0.25, 0.3) is 0 Å². The highest BCUT2D eigenvalue weighted by Crippen LogP contribution is 2.15. The number of carbonyl (C=O) groups excluding carboxylic acids is 1. The molecule has 7 heteroatoms. The van der Waals surface area contributed by atoms with Crippen LogP contribution in [0.4, 0.5) is 0 Å². The fourth-order valence-electron chi connectivity index (χ4n) is 1.55. The lowest BCUT2D eigenvalue weighted by Crippen LogP contribution is -2.32. The van der Waals surface area contributed by atoms with Gasteiger partial charge in [-0.2, -0.15) is 0 Å². The van der Waals surface area contributed by atoms with Gasteiger partial charge in [-0.3, -0.25) is 14.7 Å². The first kappa shape index (κ1) is 16.6. The predicted molar refractivity (Wildman–Crippen MR) is 74.9 cm³/mol.